The monoisotopic (exact) mass is 1980 g/mol. The molecule has 0 aromatic heterocycles. The smallest absolute Gasteiger partial charge is 0.255 e. The topological polar surface area (TPSA) is 648 Å². The van der Waals surface area contributed by atoms with Crippen molar-refractivity contribution in [2.45, 2.75) is 177 Å². The van der Waals surface area contributed by atoms with Gasteiger partial charge in [0.25, 0.3) is 41.4 Å². The minimum Gasteiger partial charge on any atom is -0.398 e. The average molecular weight is 1990 g/mol. The summed E-state index contributed by atoms with van der Waals surface area (Å²) in [4.78, 5) is 257. The molecule has 49 heteroatoms. The van der Waals surface area contributed by atoms with Gasteiger partial charge in [0.1, 0.15) is 82.8 Å². The van der Waals surface area contributed by atoms with E-state index in [9.17, 15) is 131 Å². The zero-order valence-electron chi connectivity index (χ0n) is 114. The van der Waals surface area contributed by atoms with E-state index >= 15 is 0 Å². The Morgan fingerprint density at radius 2 is 0.421 bits per heavy atom. The number of imide groups is 7. The largest absolute Gasteiger partial charge is 0.398 e. The molecule has 0 aliphatic carbocycles. The number of amides is 21. The van der Waals surface area contributed by atoms with Gasteiger partial charge in [-0.15, -0.1) is 0 Å². The fraction of sp³-hybridized carbons (Fsp3) is 0.308. The first-order valence-electron chi connectivity index (χ1n) is 60.9. The number of anilines is 7. The summed E-state index contributed by atoms with van der Waals surface area (Å²) < 4.78 is 453. The number of carbonyl (C=O) groups excluding carboxylic acids is 21. The lowest BCUT2D eigenvalue weighted by Crippen LogP contribution is -2.52. The quantitative estimate of drug-likeness (QED) is 0.0605. The van der Waals surface area contributed by atoms with Crippen LogP contribution < -0.4 is 77.4 Å². The van der Waals surface area contributed by atoms with Gasteiger partial charge in [-0.25, -0.2) is 30.7 Å². The van der Waals surface area contributed by atoms with Gasteiger partial charge >= 0.3 is 0 Å². The van der Waals surface area contributed by atoms with Crippen molar-refractivity contribution in [3.05, 3.63) is 203 Å². The molecule has 14 heterocycles. The number of rotatable bonds is 7. The predicted molar refractivity (Wildman–Crippen MR) is 468 cm³/mol. The minimum absolute atomic E-state index is 0.0210. The van der Waals surface area contributed by atoms with Crippen molar-refractivity contribution in [2.24, 2.45) is 0 Å². The number of benzene rings is 7. The number of nitrogen functional groups attached to an aromatic ring is 7. The minimum atomic E-state index is -3.77. The van der Waals surface area contributed by atoms with Gasteiger partial charge in [0, 0.05) is 244 Å². The molecule has 0 spiro atoms. The first-order valence-corrected chi connectivity index (χ1v) is 38.4. The highest BCUT2D eigenvalue weighted by molar-refractivity contribution is 6.13. The van der Waals surface area contributed by atoms with Crippen LogP contribution in [0.1, 0.15) is 262 Å². The molecular weight excluding hydrogens is 1860 g/mol. The summed E-state index contributed by atoms with van der Waals surface area (Å²) in [7, 11) is 0. The first kappa shape index (κ1) is 55.2. The predicted octanol–water partition coefficient (Wildman–Crippen LogP) is 1.18. The second-order valence-electron chi connectivity index (χ2n) is 28.9. The molecule has 7 fully saturated rings. The number of nitrogens with zero attached hydrogens (tertiary/aromatic N) is 7. The Morgan fingerprint density at radius 1 is 0.236 bits per heavy atom. The van der Waals surface area contributed by atoms with E-state index in [1.807, 2.05) is 5.32 Å². The number of nitrogens with two attached hydrogens (primary N) is 7. The van der Waals surface area contributed by atoms with Gasteiger partial charge in [0.15, 0.2) is 0 Å². The van der Waals surface area contributed by atoms with Crippen LogP contribution in [0.25, 0.3) is 0 Å². The average Bonchev–Trinajstić information content (AvgIpc) is 1.57. The number of nitrogens with one attached hydrogen (secondary N) is 7. The van der Waals surface area contributed by atoms with E-state index < -0.39 is 427 Å². The van der Waals surface area contributed by atoms with Crippen molar-refractivity contribution in [3.63, 3.8) is 0 Å². The highest BCUT2D eigenvalue weighted by atomic mass is 19.2. The van der Waals surface area contributed by atoms with Crippen LogP contribution in [0.4, 0.5) is 70.5 Å². The summed E-state index contributed by atoms with van der Waals surface area (Å²) in [5, 5.41) is 10.8. The number of hydrogen-bond acceptors (Lipinski definition) is 28. The second kappa shape index (κ2) is 39.0. The Bertz CT molecular complexity index is 8750. The number of hydrogen-bond donors (Lipinski definition) is 14. The van der Waals surface area contributed by atoms with Crippen LogP contribution in [0, 0.1) is 40.7 Å². The molecule has 728 valence electrons. The summed E-state index contributed by atoms with van der Waals surface area (Å²) >= 11 is 0. The third-order valence-corrected chi connectivity index (χ3v) is 20.0. The van der Waals surface area contributed by atoms with Gasteiger partial charge in [0.05, 0.1) is 26.0 Å². The van der Waals surface area contributed by atoms with Gasteiger partial charge in [-0.2, -0.15) is 0 Å². The maximum Gasteiger partial charge on any atom is 0.255 e. The number of piperidine rings is 7. The summed E-state index contributed by atoms with van der Waals surface area (Å²) in [5.41, 5.74) is 29.6. The Kier molecular flexibility index (Phi) is 15.4. The van der Waals surface area contributed by atoms with Crippen LogP contribution >= 0.6 is 0 Å². The number of carbonyl (C=O) groups is 21. The zero-order valence-corrected chi connectivity index (χ0v) is 69.0. The summed E-state index contributed by atoms with van der Waals surface area (Å²) in [5.74, 6) is -39.0. The van der Waals surface area contributed by atoms with Crippen LogP contribution in [0.2, 0.25) is 0 Å². The lowest BCUT2D eigenvalue weighted by atomic mass is 10.0. The highest BCUT2D eigenvalue weighted by Gasteiger charge is 2.49. The Morgan fingerprint density at radius 3 is 0.664 bits per heavy atom. The molecule has 21 N–H and O–H groups in total. The van der Waals surface area contributed by atoms with E-state index in [2.05, 4.69) is 0 Å². The number of halogens is 7. The molecular formula is C91H84F7N21O21. The van der Waals surface area contributed by atoms with Gasteiger partial charge < -0.3 is 74.4 Å². The highest BCUT2D eigenvalue weighted by Crippen LogP contribution is 2.40. The van der Waals surface area contributed by atoms with E-state index in [1.165, 1.54) is 21.3 Å². The van der Waals surface area contributed by atoms with Crippen LogP contribution in [0.15, 0.2) is 84.8 Å². The van der Waals surface area contributed by atoms with E-state index in [0.29, 0.717) is 39.0 Å². The summed E-state index contributed by atoms with van der Waals surface area (Å²) in [6, 6.07) is -19.9. The van der Waals surface area contributed by atoms with Crippen LogP contribution in [-0.2, 0) is 113 Å². The van der Waals surface area contributed by atoms with Gasteiger partial charge in [-0.1, -0.05) is 0 Å². The summed E-state index contributed by atoms with van der Waals surface area (Å²) in [6.45, 7) is -14.1. The second-order valence-corrected chi connectivity index (χ2v) is 28.9. The third kappa shape index (κ3) is 19.6. The third-order valence-electron chi connectivity index (χ3n) is 20.0. The molecule has 0 bridgehead atoms. The molecule has 0 unspecified atom stereocenters. The van der Waals surface area contributed by atoms with E-state index in [1.54, 1.807) is 10.6 Å². The molecule has 21 rings (SSSR count). The van der Waals surface area contributed by atoms with E-state index in [0.717, 1.165) is 36.4 Å². The fourth-order valence-corrected chi connectivity index (χ4v) is 13.8. The molecule has 21 amide bonds. The molecule has 0 saturated carbocycles. The van der Waals surface area contributed by atoms with Crippen molar-refractivity contribution < 1.29 is 193 Å². The molecule has 7 atom stereocenters. The van der Waals surface area contributed by atoms with Gasteiger partial charge in [-0.3, -0.25) is 138 Å². The first-order chi connectivity index (χ1) is 83.4. The van der Waals surface area contributed by atoms with Crippen molar-refractivity contribution in [2.75, 3.05) is 40.1 Å². The lowest BCUT2D eigenvalue weighted by Gasteiger charge is -2.29. The standard InChI is InChI=1S/7C13H12FN3O3/c7*14-6-3-7-8(9(15)4-6)5-17(13(7)20)10-1-2-11(18)16-12(10)19/h7*3-4,10H,1-2,5,15H2,(H,16,18,19)/t7*10-/m1111000/s1/i1D2,2D2,3D,4D,5D2,10D;1D2,2D2,5D2,10D;1D2,2D2,10D;1D2,10D;1D2,2D2,3D,4D,5D2,10D;1D2,2D2,5D2,10D;1D2,2D2,10D. The lowest BCUT2D eigenvalue weighted by molar-refractivity contribution is -0.138. The Hall–Kier alpha value is -17.1. The molecule has 7 aromatic rings. The molecule has 7 saturated heterocycles. The van der Waals surface area contributed by atoms with Crippen LogP contribution in [0.3, 0.4) is 0 Å². The Balaban J connectivity index is 0.000000156. The van der Waals surface area contributed by atoms with Gasteiger partial charge in [0.2, 0.25) is 82.7 Å². The van der Waals surface area contributed by atoms with Crippen molar-refractivity contribution in [1.29, 1.82) is 0 Å². The molecule has 42 nitrogen and oxygen atoms in total. The molecule has 140 heavy (non-hydrogen) atoms. The Labute approximate surface area is 848 Å². The van der Waals surface area contributed by atoms with Crippen molar-refractivity contribution in [3.8, 4) is 0 Å². The fourth-order valence-electron chi connectivity index (χ4n) is 13.8. The number of fused-ring (bicyclic) bond motifs is 7. The normalized spacial score (nSPS) is 36.5. The molecule has 7 aromatic carbocycles. The summed E-state index contributed by atoms with van der Waals surface area (Å²) in [6.07, 6.45) is -45.5. The maximum absolute atomic E-state index is 14.1. The molecule has 14 aliphatic rings. The van der Waals surface area contributed by atoms with E-state index in [4.69, 9.17) is 102 Å². The van der Waals surface area contributed by atoms with Gasteiger partial charge in [-0.05, 0) is 129 Å². The van der Waals surface area contributed by atoms with Crippen molar-refractivity contribution in [1.82, 2.24) is 71.5 Å². The SMILES string of the molecule is [2H]C1([2H])C(=O)NC(=O)[C@@]([2H])(N2Cc3c(N)cc(F)cc3C2=O)C1([2H])[2H].[2H]C1([2H])C(=O)NC(=O)[C@]([2H])(N2Cc3c(N)cc(F)cc3C2=O)C1([2H])[2H].[2H]C1([2H])CC(=O)NC(=O)[C@]1([2H])N1Cc2c(N)cc(F)cc2C1=O.[2H]C1([2H])c2c(N)cc(F)cc2C(=O)N1[C@@]1([2H])C(=O)NC(=O)C([2H])([2H])C1([2H])[2H].[2H]C1([2H])c2c(N)cc(F)cc2C(=O)N1[C@]1([2H])C(=O)NC(=O)C([2H])([2H])C1([2H])[2H].[2H]c1c(N)c2c(c([2H])c1F)C(=O)N([C@@]1([2H])C(=O)NC(=O)C([2H])([2H])C1([2H])[2H])C2([2H])[2H].[2H]c1c(N)c2c(c([2H])c1F)C(=O)N([C@]1([2H])C(=O)NC(=O)C([2H])([2H])C1([2H])[2H])C2([2H])[2H]. The van der Waals surface area contributed by atoms with E-state index in [-0.39, 0.29) is 76.6 Å². The maximum atomic E-state index is 14.1. The zero-order chi connectivity index (χ0) is 141. The van der Waals surface area contributed by atoms with Crippen LogP contribution in [-0.4, -0.2) is 200 Å². The molecule has 14 aliphatic heterocycles. The van der Waals surface area contributed by atoms with Crippen LogP contribution in [0.5, 0.6) is 0 Å². The van der Waals surface area contributed by atoms with Crippen molar-refractivity contribution >= 4 is 164 Å². The molecule has 0 radical (unpaired) electrons.